The van der Waals surface area contributed by atoms with Crippen LogP contribution in [0.5, 0.6) is 5.75 Å². The number of hydrogen-bond donors (Lipinski definition) is 0. The van der Waals surface area contributed by atoms with Crippen LogP contribution in [0.15, 0.2) is 66.7 Å². The number of carbonyl (C=O) groups is 2. The van der Waals surface area contributed by atoms with Gasteiger partial charge in [0.05, 0.1) is 11.1 Å². The summed E-state index contributed by atoms with van der Waals surface area (Å²) in [6, 6.07) is 18.1. The summed E-state index contributed by atoms with van der Waals surface area (Å²) in [6.07, 6.45) is 9.16. The van der Waals surface area contributed by atoms with E-state index >= 15 is 0 Å². The van der Waals surface area contributed by atoms with E-state index in [1.165, 1.54) is 76.2 Å². The Balaban J connectivity index is 1.44. The van der Waals surface area contributed by atoms with Gasteiger partial charge < -0.3 is 14.2 Å². The van der Waals surface area contributed by atoms with Crippen LogP contribution in [0.3, 0.4) is 0 Å². The Morgan fingerprint density at radius 1 is 0.667 bits per heavy atom. The van der Waals surface area contributed by atoms with Gasteiger partial charge in [0.2, 0.25) is 0 Å². The molecule has 280 valence electrons. The largest absolute Gasteiger partial charge is 0.449 e. The molecule has 0 aliphatic heterocycles. The fourth-order valence-electron chi connectivity index (χ4n) is 5.88. The van der Waals surface area contributed by atoms with Crippen molar-refractivity contribution in [3.8, 4) is 16.9 Å². The zero-order chi connectivity index (χ0) is 36.9. The molecule has 0 heterocycles. The average Bonchev–Trinajstić information content (AvgIpc) is 3.11. The number of ether oxygens (including phenoxy) is 3. The van der Waals surface area contributed by atoms with Crippen molar-refractivity contribution in [1.29, 1.82) is 0 Å². The zero-order valence-corrected chi connectivity index (χ0v) is 30.2. The summed E-state index contributed by atoms with van der Waals surface area (Å²) >= 11 is 0. The Morgan fingerprint density at radius 3 is 1.80 bits per heavy atom. The van der Waals surface area contributed by atoms with Gasteiger partial charge in [-0.25, -0.2) is 14.0 Å². The quantitative estimate of drug-likeness (QED) is 0.0400. The molecule has 5 nitrogen and oxygen atoms in total. The molecule has 0 aromatic heterocycles. The number of alkyl halides is 3. The molecule has 3 aromatic carbocycles. The molecule has 1 atom stereocenters. The van der Waals surface area contributed by atoms with E-state index in [0.29, 0.717) is 26.1 Å². The van der Waals surface area contributed by atoms with Crippen LogP contribution in [0.25, 0.3) is 11.1 Å². The Hall–Kier alpha value is -3.72. The number of unbranched alkanes of at least 4 members (excludes halogenated alkanes) is 12. The Bertz CT molecular complexity index is 1440. The van der Waals surface area contributed by atoms with Crippen LogP contribution < -0.4 is 4.74 Å². The van der Waals surface area contributed by atoms with Gasteiger partial charge in [0.1, 0.15) is 11.6 Å². The first-order valence-corrected chi connectivity index (χ1v) is 18.7. The van der Waals surface area contributed by atoms with E-state index in [1.807, 2.05) is 6.92 Å². The summed E-state index contributed by atoms with van der Waals surface area (Å²) in [5.41, 5.74) is 2.77. The molecule has 51 heavy (non-hydrogen) atoms. The van der Waals surface area contributed by atoms with Crippen molar-refractivity contribution in [1.82, 2.24) is 0 Å². The van der Waals surface area contributed by atoms with Crippen LogP contribution in [-0.2, 0) is 15.9 Å². The lowest BCUT2D eigenvalue weighted by atomic mass is 10.00. The summed E-state index contributed by atoms with van der Waals surface area (Å²) in [4.78, 5) is 25.2. The van der Waals surface area contributed by atoms with Crippen LogP contribution in [0.1, 0.15) is 136 Å². The number of esters is 2. The molecule has 3 aromatic rings. The summed E-state index contributed by atoms with van der Waals surface area (Å²) in [5, 5.41) is 0. The standard InChI is InChI=1S/C42H54F4O5/c1-3-5-6-7-8-9-10-11-12-13-15-18-32-20-22-33(23-21-32)34-24-26-35(27-25-34)40(47)50-36-28-29-37(38(43)31-36)41(48)51-39(42(44,45)46)19-16-14-17-30-49-4-2/h20-29,31,39H,3-19,30H2,1-2H3/t39-/m1/s1. The van der Waals surface area contributed by atoms with Gasteiger partial charge in [0.15, 0.2) is 6.10 Å². The van der Waals surface area contributed by atoms with E-state index in [2.05, 4.69) is 35.9 Å². The van der Waals surface area contributed by atoms with Crippen molar-refractivity contribution in [3.05, 3.63) is 89.2 Å². The smallest absolute Gasteiger partial charge is 0.425 e. The molecule has 0 N–H and O–H groups in total. The van der Waals surface area contributed by atoms with Gasteiger partial charge in [-0.1, -0.05) is 114 Å². The Morgan fingerprint density at radius 2 is 1.24 bits per heavy atom. The van der Waals surface area contributed by atoms with Gasteiger partial charge in [-0.05, 0) is 80.0 Å². The second-order valence-electron chi connectivity index (χ2n) is 13.1. The molecule has 0 amide bonds. The summed E-state index contributed by atoms with van der Waals surface area (Å²) in [5.74, 6) is -3.56. The molecule has 0 aliphatic carbocycles. The van der Waals surface area contributed by atoms with Crippen molar-refractivity contribution < 1.29 is 41.4 Å². The third kappa shape index (κ3) is 15.6. The number of carbonyl (C=O) groups excluding carboxylic acids is 2. The molecule has 0 aliphatic rings. The van der Waals surface area contributed by atoms with E-state index in [0.717, 1.165) is 35.7 Å². The van der Waals surface area contributed by atoms with Gasteiger partial charge in [0.25, 0.3) is 0 Å². The third-order valence-corrected chi connectivity index (χ3v) is 8.92. The molecule has 0 radical (unpaired) electrons. The predicted octanol–water partition coefficient (Wildman–Crippen LogP) is 12.2. The molecular formula is C42H54F4O5. The summed E-state index contributed by atoms with van der Waals surface area (Å²) < 4.78 is 70.4. The first-order valence-electron chi connectivity index (χ1n) is 18.7. The predicted molar refractivity (Wildman–Crippen MR) is 194 cm³/mol. The van der Waals surface area contributed by atoms with Crippen molar-refractivity contribution in [2.45, 2.75) is 129 Å². The van der Waals surface area contributed by atoms with E-state index in [4.69, 9.17) is 9.47 Å². The highest BCUT2D eigenvalue weighted by Gasteiger charge is 2.42. The molecule has 0 bridgehead atoms. The van der Waals surface area contributed by atoms with Gasteiger partial charge in [0, 0.05) is 19.3 Å². The maximum absolute atomic E-state index is 14.8. The number of halogens is 4. The molecule has 3 rings (SSSR count). The fourth-order valence-corrected chi connectivity index (χ4v) is 5.88. The molecule has 0 unspecified atom stereocenters. The second kappa shape index (κ2) is 23.0. The van der Waals surface area contributed by atoms with Crippen molar-refractivity contribution >= 4 is 11.9 Å². The van der Waals surface area contributed by atoms with Crippen LogP contribution in [-0.4, -0.2) is 37.4 Å². The third-order valence-electron chi connectivity index (χ3n) is 8.92. The Labute approximate surface area is 301 Å². The maximum atomic E-state index is 14.8. The van der Waals surface area contributed by atoms with Gasteiger partial charge in [-0.15, -0.1) is 0 Å². The van der Waals surface area contributed by atoms with Gasteiger partial charge in [-0.2, -0.15) is 13.2 Å². The van der Waals surface area contributed by atoms with Crippen LogP contribution in [0, 0.1) is 5.82 Å². The topological polar surface area (TPSA) is 61.8 Å². The highest BCUT2D eigenvalue weighted by atomic mass is 19.4. The van der Waals surface area contributed by atoms with Crippen LogP contribution in [0.4, 0.5) is 17.6 Å². The molecule has 0 saturated heterocycles. The minimum absolute atomic E-state index is 0.161. The van der Waals surface area contributed by atoms with E-state index in [1.54, 1.807) is 24.3 Å². The lowest BCUT2D eigenvalue weighted by Crippen LogP contribution is -2.34. The van der Waals surface area contributed by atoms with E-state index in [-0.39, 0.29) is 17.7 Å². The summed E-state index contributed by atoms with van der Waals surface area (Å²) in [6.45, 7) is 5.04. The van der Waals surface area contributed by atoms with Crippen LogP contribution in [0.2, 0.25) is 0 Å². The normalized spacial score (nSPS) is 12.1. The molecular weight excluding hydrogens is 660 g/mol. The number of hydrogen-bond acceptors (Lipinski definition) is 5. The van der Waals surface area contributed by atoms with Crippen molar-refractivity contribution in [3.63, 3.8) is 0 Å². The van der Waals surface area contributed by atoms with E-state index in [9.17, 15) is 27.2 Å². The average molecular weight is 715 g/mol. The van der Waals surface area contributed by atoms with Crippen molar-refractivity contribution in [2.75, 3.05) is 13.2 Å². The first kappa shape index (κ1) is 41.7. The molecule has 0 fully saturated rings. The SMILES string of the molecule is CCCCCCCCCCCCCc1ccc(-c2ccc(C(=O)Oc3ccc(C(=O)O[C@H](CCCCCOCC)C(F)(F)F)c(F)c3)cc2)cc1. The number of aryl methyl sites for hydroxylation is 1. The maximum Gasteiger partial charge on any atom is 0.425 e. The monoisotopic (exact) mass is 714 g/mol. The lowest BCUT2D eigenvalue weighted by Gasteiger charge is -2.21. The fraction of sp³-hybridized carbons (Fsp3) is 0.524. The Kier molecular flexibility index (Phi) is 18.8. The van der Waals surface area contributed by atoms with Gasteiger partial charge in [-0.3, -0.25) is 0 Å². The number of benzene rings is 3. The molecule has 9 heteroatoms. The van der Waals surface area contributed by atoms with Gasteiger partial charge >= 0.3 is 18.1 Å². The minimum Gasteiger partial charge on any atom is -0.449 e. The molecule has 0 spiro atoms. The summed E-state index contributed by atoms with van der Waals surface area (Å²) in [7, 11) is 0. The highest BCUT2D eigenvalue weighted by Crippen LogP contribution is 2.29. The van der Waals surface area contributed by atoms with E-state index < -0.39 is 42.0 Å². The minimum atomic E-state index is -4.80. The van der Waals surface area contributed by atoms with Crippen LogP contribution >= 0.6 is 0 Å². The van der Waals surface area contributed by atoms with Crippen molar-refractivity contribution in [2.24, 2.45) is 0 Å². The lowest BCUT2D eigenvalue weighted by molar-refractivity contribution is -0.206. The zero-order valence-electron chi connectivity index (χ0n) is 30.2. The second-order valence-corrected chi connectivity index (χ2v) is 13.1. The molecule has 0 saturated carbocycles. The number of rotatable bonds is 24. The highest BCUT2D eigenvalue weighted by molar-refractivity contribution is 5.92. The first-order chi connectivity index (χ1) is 24.6.